The fourth-order valence-electron chi connectivity index (χ4n) is 12.5. The predicted molar refractivity (Wildman–Crippen MR) is 321 cm³/mol. The van der Waals surface area contributed by atoms with Gasteiger partial charge in [0.15, 0.2) is 0 Å². The molecule has 0 radical (unpaired) electrons. The summed E-state index contributed by atoms with van der Waals surface area (Å²) in [6.07, 6.45) is 18.7. The zero-order valence-electron chi connectivity index (χ0n) is 47.0. The fraction of sp³-hybridized carbons (Fsp3) is 0.444. The second-order valence-corrected chi connectivity index (χ2v) is 24.2. The molecule has 0 amide bonds. The standard InChI is InChI=1S/C72H90/c1-13-19-26-49(16-4)43-52-33-42-62-66(46-52)70(72(10,11)12)63-32-25-24-31-61(63)67(62)53-34-36-54(37-35-53)68-59-29-22-23-30-60(59)69(55-38-40-58(41-39-55)71(7,8)9)65-48-57(45-51(18-6)28-21-15-3)56(47-64(65)68)44-50(17-5)27-20-14-2/h22-25,29-42,46-51H,13-21,26-28,43-45H2,1-12H3. The van der Waals surface area contributed by atoms with Gasteiger partial charge in [0, 0.05) is 0 Å². The molecule has 0 spiro atoms. The Hall–Kier alpha value is -5.20. The van der Waals surface area contributed by atoms with E-state index in [2.05, 4.69) is 210 Å². The largest absolute Gasteiger partial charge is 0.0654 e. The van der Waals surface area contributed by atoms with Crippen LogP contribution in [0.4, 0.5) is 0 Å². The van der Waals surface area contributed by atoms with Crippen molar-refractivity contribution in [3.8, 4) is 33.4 Å². The topological polar surface area (TPSA) is 0 Å². The van der Waals surface area contributed by atoms with E-state index in [9.17, 15) is 0 Å². The zero-order valence-corrected chi connectivity index (χ0v) is 47.0. The molecule has 378 valence electrons. The molecule has 0 nitrogen and oxygen atoms in total. The average molecular weight is 956 g/mol. The van der Waals surface area contributed by atoms with Gasteiger partial charge in [-0.25, -0.2) is 0 Å². The first-order valence-electron chi connectivity index (χ1n) is 28.9. The second-order valence-electron chi connectivity index (χ2n) is 24.2. The van der Waals surface area contributed by atoms with Crippen LogP contribution in [-0.2, 0) is 30.1 Å². The molecule has 0 heterocycles. The predicted octanol–water partition coefficient (Wildman–Crippen LogP) is 22.2. The summed E-state index contributed by atoms with van der Waals surface area (Å²) in [5.74, 6) is 2.09. The van der Waals surface area contributed by atoms with E-state index < -0.39 is 0 Å². The highest BCUT2D eigenvalue weighted by atomic mass is 14.3. The lowest BCUT2D eigenvalue weighted by Crippen LogP contribution is -2.13. The molecular formula is C72H90. The molecule has 0 aromatic heterocycles. The highest BCUT2D eigenvalue weighted by Crippen LogP contribution is 2.48. The zero-order chi connectivity index (χ0) is 51.2. The van der Waals surface area contributed by atoms with Crippen LogP contribution in [0.15, 0.2) is 127 Å². The molecule has 0 bridgehead atoms. The maximum atomic E-state index is 2.70. The van der Waals surface area contributed by atoms with Crippen LogP contribution in [0.2, 0.25) is 0 Å². The van der Waals surface area contributed by atoms with Gasteiger partial charge in [-0.05, 0) is 152 Å². The quantitative estimate of drug-likeness (QED) is 0.0630. The van der Waals surface area contributed by atoms with Gasteiger partial charge in [0.05, 0.1) is 0 Å². The monoisotopic (exact) mass is 955 g/mol. The Labute approximate surface area is 437 Å². The van der Waals surface area contributed by atoms with E-state index in [0.29, 0.717) is 11.8 Å². The Morgan fingerprint density at radius 1 is 0.347 bits per heavy atom. The van der Waals surface area contributed by atoms with Gasteiger partial charge in [-0.15, -0.1) is 0 Å². The van der Waals surface area contributed by atoms with Crippen LogP contribution in [0.5, 0.6) is 0 Å². The van der Waals surface area contributed by atoms with E-state index in [-0.39, 0.29) is 10.8 Å². The molecule has 0 saturated carbocycles. The summed E-state index contributed by atoms with van der Waals surface area (Å²) in [5, 5.41) is 11.0. The molecule has 8 aromatic rings. The maximum absolute atomic E-state index is 2.70. The molecule has 0 heteroatoms. The van der Waals surface area contributed by atoms with Crippen LogP contribution in [0.25, 0.3) is 76.5 Å². The summed E-state index contributed by atoms with van der Waals surface area (Å²) in [5.41, 5.74) is 15.5. The van der Waals surface area contributed by atoms with Gasteiger partial charge in [-0.2, -0.15) is 0 Å². The molecule has 72 heavy (non-hydrogen) atoms. The summed E-state index contributed by atoms with van der Waals surface area (Å²) in [6.45, 7) is 28.5. The van der Waals surface area contributed by atoms with Crippen LogP contribution in [0.1, 0.15) is 188 Å². The Morgan fingerprint density at radius 3 is 1.12 bits per heavy atom. The summed E-state index contributed by atoms with van der Waals surface area (Å²) < 4.78 is 0. The van der Waals surface area contributed by atoms with E-state index in [1.807, 2.05) is 0 Å². The van der Waals surface area contributed by atoms with Crippen molar-refractivity contribution in [2.45, 2.75) is 190 Å². The van der Waals surface area contributed by atoms with Gasteiger partial charge in [-0.3, -0.25) is 0 Å². The third-order valence-electron chi connectivity index (χ3n) is 16.9. The first kappa shape index (κ1) is 53.1. The van der Waals surface area contributed by atoms with Crippen molar-refractivity contribution in [1.82, 2.24) is 0 Å². The van der Waals surface area contributed by atoms with Gasteiger partial charge >= 0.3 is 0 Å². The number of fused-ring (bicyclic) bond motifs is 4. The van der Waals surface area contributed by atoms with Gasteiger partial charge in [0.1, 0.15) is 0 Å². The highest BCUT2D eigenvalue weighted by molar-refractivity contribution is 6.22. The number of hydrogen-bond acceptors (Lipinski definition) is 0. The lowest BCUT2D eigenvalue weighted by molar-refractivity contribution is 0.434. The van der Waals surface area contributed by atoms with Crippen molar-refractivity contribution in [1.29, 1.82) is 0 Å². The van der Waals surface area contributed by atoms with Crippen molar-refractivity contribution >= 4 is 43.1 Å². The molecule has 0 aliphatic heterocycles. The van der Waals surface area contributed by atoms with Gasteiger partial charge < -0.3 is 0 Å². The number of benzene rings is 8. The van der Waals surface area contributed by atoms with E-state index >= 15 is 0 Å². The Balaban J connectivity index is 1.38. The van der Waals surface area contributed by atoms with Crippen LogP contribution < -0.4 is 0 Å². The smallest absolute Gasteiger partial charge is 0.00263 e. The average Bonchev–Trinajstić information content (AvgIpc) is 3.38. The Bertz CT molecular complexity index is 3070. The Kier molecular flexibility index (Phi) is 17.2. The first-order chi connectivity index (χ1) is 34.7. The van der Waals surface area contributed by atoms with E-state index in [4.69, 9.17) is 0 Å². The molecule has 3 atom stereocenters. The molecule has 3 unspecified atom stereocenters. The van der Waals surface area contributed by atoms with Crippen LogP contribution >= 0.6 is 0 Å². The van der Waals surface area contributed by atoms with Crippen LogP contribution in [0.3, 0.4) is 0 Å². The molecule has 0 aliphatic rings. The molecule has 0 N–H and O–H groups in total. The highest BCUT2D eigenvalue weighted by Gasteiger charge is 2.26. The Morgan fingerprint density at radius 2 is 0.722 bits per heavy atom. The van der Waals surface area contributed by atoms with Gasteiger partial charge in [0.25, 0.3) is 0 Å². The summed E-state index contributed by atoms with van der Waals surface area (Å²) in [7, 11) is 0. The molecular weight excluding hydrogens is 865 g/mol. The fourth-order valence-corrected chi connectivity index (χ4v) is 12.5. The summed E-state index contributed by atoms with van der Waals surface area (Å²) in [6, 6.07) is 50.9. The molecule has 8 rings (SSSR count). The minimum Gasteiger partial charge on any atom is -0.0654 e. The molecule has 0 aliphatic carbocycles. The van der Waals surface area contributed by atoms with Gasteiger partial charge in [-0.1, -0.05) is 288 Å². The third-order valence-corrected chi connectivity index (χ3v) is 16.9. The van der Waals surface area contributed by atoms with Crippen LogP contribution in [-0.4, -0.2) is 0 Å². The SMILES string of the molecule is CCCCC(CC)Cc1ccc2c(-c3ccc(-c4c5ccccc5c(-c5ccc(C(C)(C)C)cc5)c5cc(CC(CC)CCCC)c(CC(CC)CCCC)cc45)cc3)c3ccccc3c(C(C)(C)C)c2c1. The molecule has 8 aromatic carbocycles. The normalized spacial score (nSPS) is 13.7. The summed E-state index contributed by atoms with van der Waals surface area (Å²) in [4.78, 5) is 0. The van der Waals surface area contributed by atoms with Crippen molar-refractivity contribution in [3.63, 3.8) is 0 Å². The summed E-state index contributed by atoms with van der Waals surface area (Å²) >= 11 is 0. The molecule has 0 saturated heterocycles. The number of hydrogen-bond donors (Lipinski definition) is 0. The van der Waals surface area contributed by atoms with Crippen molar-refractivity contribution in [2.75, 3.05) is 0 Å². The lowest BCUT2D eigenvalue weighted by Gasteiger charge is -2.27. The minimum absolute atomic E-state index is 0.0209. The number of rotatable bonds is 21. The molecule has 0 fully saturated rings. The van der Waals surface area contributed by atoms with E-state index in [1.165, 1.54) is 170 Å². The van der Waals surface area contributed by atoms with Crippen molar-refractivity contribution in [2.24, 2.45) is 17.8 Å². The lowest BCUT2D eigenvalue weighted by atomic mass is 9.77. The van der Waals surface area contributed by atoms with E-state index in [1.54, 1.807) is 11.1 Å². The maximum Gasteiger partial charge on any atom is -0.00263 e. The van der Waals surface area contributed by atoms with Gasteiger partial charge in [0.2, 0.25) is 0 Å². The first-order valence-corrected chi connectivity index (χ1v) is 28.9. The van der Waals surface area contributed by atoms with Crippen molar-refractivity contribution < 1.29 is 0 Å². The number of unbranched alkanes of at least 4 members (excludes halogenated alkanes) is 3. The van der Waals surface area contributed by atoms with Crippen LogP contribution in [0, 0.1) is 17.8 Å². The second kappa shape index (κ2) is 23.3. The third kappa shape index (κ3) is 11.4. The van der Waals surface area contributed by atoms with Crippen molar-refractivity contribution in [3.05, 3.63) is 155 Å². The van der Waals surface area contributed by atoms with E-state index in [0.717, 1.165) is 25.2 Å². The minimum atomic E-state index is -0.0209.